The third kappa shape index (κ3) is 8.03. The van der Waals surface area contributed by atoms with Crippen molar-refractivity contribution in [3.05, 3.63) is 53.8 Å². The third-order valence-electron chi connectivity index (χ3n) is 5.84. The molecule has 0 aromatic heterocycles. The molecule has 0 bridgehead atoms. The summed E-state index contributed by atoms with van der Waals surface area (Å²) < 4.78 is 15.5. The molecule has 0 fully saturated rings. The summed E-state index contributed by atoms with van der Waals surface area (Å²) in [5.74, 6) is -1.56. The van der Waals surface area contributed by atoms with Crippen LogP contribution in [0.2, 0.25) is 0 Å². The molecular weight excluding hydrogens is 490 g/mol. The van der Waals surface area contributed by atoms with Crippen LogP contribution in [0.4, 0.5) is 4.79 Å². The lowest BCUT2D eigenvalue weighted by atomic mass is 9.82. The lowest BCUT2D eigenvalue weighted by Crippen LogP contribution is -2.42. The van der Waals surface area contributed by atoms with E-state index in [9.17, 15) is 19.2 Å². The maximum absolute atomic E-state index is 13.0. The first-order valence-corrected chi connectivity index (χ1v) is 12.6. The number of carbonyl (C=O) groups is 4. The fourth-order valence-electron chi connectivity index (χ4n) is 3.90. The number of nitrogens with one attached hydrogen (secondary N) is 2. The average Bonchev–Trinajstić information content (AvgIpc) is 3.28. The molecule has 1 aromatic carbocycles. The molecule has 1 aliphatic carbocycles. The molecular formula is C28H35N3O7. The summed E-state index contributed by atoms with van der Waals surface area (Å²) in [7, 11) is 0. The molecule has 2 N–H and O–H groups in total. The summed E-state index contributed by atoms with van der Waals surface area (Å²) in [6.07, 6.45) is 4.36. The van der Waals surface area contributed by atoms with Gasteiger partial charge in [0.2, 0.25) is 0 Å². The van der Waals surface area contributed by atoms with Gasteiger partial charge < -0.3 is 19.1 Å². The first kappa shape index (κ1) is 28.6. The van der Waals surface area contributed by atoms with Crippen LogP contribution in [-0.4, -0.2) is 67.3 Å². The Labute approximate surface area is 222 Å². The number of benzene rings is 1. The van der Waals surface area contributed by atoms with Gasteiger partial charge in [-0.2, -0.15) is 0 Å². The molecule has 2 atom stereocenters. The number of nitrogens with zero attached hydrogens (tertiary/aromatic N) is 1. The lowest BCUT2D eigenvalue weighted by molar-refractivity contribution is -0.147. The Morgan fingerprint density at radius 1 is 1.05 bits per heavy atom. The Morgan fingerprint density at radius 2 is 1.71 bits per heavy atom. The average molecular weight is 526 g/mol. The van der Waals surface area contributed by atoms with Gasteiger partial charge in [0.05, 0.1) is 31.6 Å². The van der Waals surface area contributed by atoms with E-state index >= 15 is 0 Å². The number of ether oxygens (including phenoxy) is 3. The zero-order chi connectivity index (χ0) is 27.8. The minimum atomic E-state index is -0.880. The van der Waals surface area contributed by atoms with Gasteiger partial charge in [-0.05, 0) is 41.7 Å². The Balaban J connectivity index is 1.49. The van der Waals surface area contributed by atoms with Gasteiger partial charge in [-0.15, -0.1) is 0 Å². The maximum atomic E-state index is 13.0. The van der Waals surface area contributed by atoms with Crippen LogP contribution >= 0.6 is 0 Å². The normalized spacial score (nSPS) is 18.2. The largest absolute Gasteiger partial charge is 0.482 e. The molecule has 38 heavy (non-hydrogen) atoms. The highest BCUT2D eigenvalue weighted by atomic mass is 16.6. The van der Waals surface area contributed by atoms with Crippen LogP contribution in [0, 0.1) is 29.1 Å². The maximum Gasteiger partial charge on any atom is 0.412 e. The fraction of sp³-hybridized carbons (Fsp3) is 0.464. The van der Waals surface area contributed by atoms with E-state index in [0.717, 1.165) is 5.57 Å². The number of Topliss-reactive ketones (excluding diaryl/α,β-unsaturated/α-hetero) is 2. The highest BCUT2D eigenvalue weighted by Crippen LogP contribution is 2.31. The fourth-order valence-corrected chi connectivity index (χ4v) is 3.90. The third-order valence-corrected chi connectivity index (χ3v) is 5.84. The molecule has 10 nitrogen and oxygen atoms in total. The van der Waals surface area contributed by atoms with Crippen molar-refractivity contribution in [3.8, 4) is 5.75 Å². The number of fused-ring (bicyclic) bond motifs is 1. The van der Waals surface area contributed by atoms with Crippen molar-refractivity contribution in [2.75, 3.05) is 32.9 Å². The SMILES string of the molecule is CC(C)COC(=O)COc1ccc(C(=O)CN2C=C3C=CC(C(=N)NC(=O)OCC(C)C)C(=O)C3C2)cc1. The summed E-state index contributed by atoms with van der Waals surface area (Å²) in [6, 6.07) is 6.49. The first-order valence-electron chi connectivity index (χ1n) is 12.6. The number of amidine groups is 1. The van der Waals surface area contributed by atoms with E-state index in [-0.39, 0.29) is 49.0 Å². The molecule has 1 amide bonds. The van der Waals surface area contributed by atoms with Gasteiger partial charge in [-0.3, -0.25) is 20.3 Å². The zero-order valence-electron chi connectivity index (χ0n) is 22.2. The molecule has 2 aliphatic rings. The summed E-state index contributed by atoms with van der Waals surface area (Å²) in [5, 5.41) is 10.5. The Morgan fingerprint density at radius 3 is 2.37 bits per heavy atom. The number of amides is 1. The number of esters is 1. The van der Waals surface area contributed by atoms with Crippen molar-refractivity contribution in [3.63, 3.8) is 0 Å². The summed E-state index contributed by atoms with van der Waals surface area (Å²) in [5.41, 5.74) is 1.24. The van der Waals surface area contributed by atoms with E-state index in [1.54, 1.807) is 47.5 Å². The van der Waals surface area contributed by atoms with Crippen LogP contribution < -0.4 is 10.1 Å². The second-order valence-electron chi connectivity index (χ2n) is 10.2. The number of rotatable bonds is 11. The molecule has 0 saturated heterocycles. The second kappa shape index (κ2) is 13.0. The van der Waals surface area contributed by atoms with E-state index < -0.39 is 23.9 Å². The molecule has 10 heteroatoms. The number of allylic oxidation sites excluding steroid dienone is 1. The van der Waals surface area contributed by atoms with Gasteiger partial charge in [0.25, 0.3) is 0 Å². The predicted octanol–water partition coefficient (Wildman–Crippen LogP) is 3.38. The molecule has 204 valence electrons. The molecule has 0 saturated carbocycles. The van der Waals surface area contributed by atoms with Crippen molar-refractivity contribution in [1.29, 1.82) is 5.41 Å². The van der Waals surface area contributed by atoms with Gasteiger partial charge in [0.1, 0.15) is 11.6 Å². The van der Waals surface area contributed by atoms with Crippen LogP contribution in [0.5, 0.6) is 5.75 Å². The molecule has 3 rings (SSSR count). The van der Waals surface area contributed by atoms with Crippen LogP contribution in [0.1, 0.15) is 38.1 Å². The molecule has 2 unspecified atom stereocenters. The number of hydrogen-bond donors (Lipinski definition) is 2. The summed E-state index contributed by atoms with van der Waals surface area (Å²) >= 11 is 0. The Kier molecular flexibility index (Phi) is 9.81. The topological polar surface area (TPSA) is 135 Å². The molecule has 1 aromatic rings. The van der Waals surface area contributed by atoms with Crippen molar-refractivity contribution in [1.82, 2.24) is 10.2 Å². The van der Waals surface area contributed by atoms with E-state index in [4.69, 9.17) is 19.6 Å². The van der Waals surface area contributed by atoms with E-state index in [2.05, 4.69) is 5.32 Å². The van der Waals surface area contributed by atoms with E-state index in [1.807, 2.05) is 27.7 Å². The number of hydrogen-bond acceptors (Lipinski definition) is 9. The standard InChI is InChI=1S/C28H35N3O7/c1-17(2)14-37-25(33)16-36-21-8-5-19(6-9-21)24(32)13-31-11-20-7-10-22(26(34)23(20)12-31)27(29)30-28(35)38-15-18(3)4/h5-11,17-18,22-23H,12-16H2,1-4H3,(H2,29,30,35). The van der Waals surface area contributed by atoms with Gasteiger partial charge in [0, 0.05) is 18.3 Å². The zero-order valence-corrected chi connectivity index (χ0v) is 22.2. The molecule has 0 spiro atoms. The molecule has 0 radical (unpaired) electrons. The lowest BCUT2D eigenvalue weighted by Gasteiger charge is -2.23. The second-order valence-corrected chi connectivity index (χ2v) is 10.2. The molecule has 1 heterocycles. The van der Waals surface area contributed by atoms with Gasteiger partial charge in [-0.1, -0.05) is 39.8 Å². The van der Waals surface area contributed by atoms with Crippen molar-refractivity contribution in [2.45, 2.75) is 27.7 Å². The first-order chi connectivity index (χ1) is 18.0. The highest BCUT2D eigenvalue weighted by molar-refractivity contribution is 6.11. The minimum absolute atomic E-state index is 0.0741. The summed E-state index contributed by atoms with van der Waals surface area (Å²) in [4.78, 5) is 51.2. The van der Waals surface area contributed by atoms with E-state index in [0.29, 0.717) is 24.5 Å². The van der Waals surface area contributed by atoms with Crippen LogP contribution in [-0.2, 0) is 19.1 Å². The smallest absolute Gasteiger partial charge is 0.412 e. The molecule has 1 aliphatic heterocycles. The van der Waals surface area contributed by atoms with Gasteiger partial charge in [-0.25, -0.2) is 9.59 Å². The summed E-state index contributed by atoms with van der Waals surface area (Å²) in [6.45, 7) is 8.41. The van der Waals surface area contributed by atoms with Gasteiger partial charge in [0.15, 0.2) is 18.2 Å². The van der Waals surface area contributed by atoms with Crippen LogP contribution in [0.15, 0.2) is 48.2 Å². The van der Waals surface area contributed by atoms with Crippen molar-refractivity contribution in [2.24, 2.45) is 23.7 Å². The number of carbonyl (C=O) groups excluding carboxylic acids is 4. The number of alkyl carbamates (subject to hydrolysis) is 1. The number of ketones is 2. The Bertz CT molecular complexity index is 1120. The van der Waals surface area contributed by atoms with Crippen LogP contribution in [0.3, 0.4) is 0 Å². The van der Waals surface area contributed by atoms with E-state index in [1.165, 1.54) is 0 Å². The highest BCUT2D eigenvalue weighted by Gasteiger charge is 2.38. The monoisotopic (exact) mass is 525 g/mol. The Hall–Kier alpha value is -3.95. The minimum Gasteiger partial charge on any atom is -0.482 e. The quantitative estimate of drug-likeness (QED) is 0.194. The van der Waals surface area contributed by atoms with Crippen LogP contribution in [0.25, 0.3) is 0 Å². The van der Waals surface area contributed by atoms with Crippen molar-refractivity contribution >= 4 is 29.5 Å². The van der Waals surface area contributed by atoms with Crippen molar-refractivity contribution < 1.29 is 33.4 Å². The van der Waals surface area contributed by atoms with Gasteiger partial charge >= 0.3 is 12.1 Å². The predicted molar refractivity (Wildman–Crippen MR) is 140 cm³/mol.